The molecule has 45 heavy (non-hydrogen) atoms. The second-order valence-electron chi connectivity index (χ2n) is 11.3. The minimum atomic E-state index is -2.01. The van der Waals surface area contributed by atoms with Gasteiger partial charge in [0, 0.05) is 0 Å². The minimum absolute atomic E-state index is 0.726. The molecule has 0 saturated carbocycles. The zero-order chi connectivity index (χ0) is 33.3. The van der Waals surface area contributed by atoms with Gasteiger partial charge in [0.1, 0.15) is 91.6 Å². The van der Waals surface area contributed by atoms with Gasteiger partial charge in [0.15, 0.2) is 25.2 Å². The van der Waals surface area contributed by atoms with E-state index in [4.69, 9.17) is 38.9 Å². The molecule has 4 fully saturated rings. The van der Waals surface area contributed by atoms with Gasteiger partial charge >= 0.3 is 0 Å². The van der Waals surface area contributed by atoms with Crippen molar-refractivity contribution in [3.05, 3.63) is 0 Å². The Kier molecular flexibility index (Phi) is 12.8. The summed E-state index contributed by atoms with van der Waals surface area (Å²) in [6.45, 7) is -3.11. The van der Waals surface area contributed by atoms with Crippen LogP contribution in [0.2, 0.25) is 0 Å². The summed E-state index contributed by atoms with van der Waals surface area (Å²) in [6, 6.07) is -1.43. The van der Waals surface area contributed by atoms with Gasteiger partial charge in [-0.2, -0.15) is 0 Å². The molecule has 0 bridgehead atoms. The van der Waals surface area contributed by atoms with Crippen molar-refractivity contribution >= 4 is 0 Å². The first-order chi connectivity index (χ1) is 21.2. The Balaban J connectivity index is 1.56. The molecule has 0 aromatic heterocycles. The van der Waals surface area contributed by atoms with Gasteiger partial charge < -0.3 is 105 Å². The molecule has 0 aliphatic carbocycles. The SMILES string of the molecule is N[C@@H]1[C@@H](O)[C@H](O[C@H]2O[C@H](CO[C@H]3O[C@H](CO)[C@@H](O)[C@H](O)[C@@H]3O)[C@@H](O)[C@H](O[C@H]3O[C@H](CO)[C@@H](O)[C@H](O)[C@@H]3O)[C@@H]2O)[C@@H](CO)O[C@@H]1O. The molecule has 264 valence electrons. The van der Waals surface area contributed by atoms with E-state index in [1.54, 1.807) is 0 Å². The van der Waals surface area contributed by atoms with Crippen molar-refractivity contribution in [2.45, 2.75) is 123 Å². The Morgan fingerprint density at radius 3 is 1.47 bits per heavy atom. The number of aliphatic hydroxyl groups is 13. The van der Waals surface area contributed by atoms with E-state index >= 15 is 0 Å². The van der Waals surface area contributed by atoms with E-state index in [0.29, 0.717) is 0 Å². The van der Waals surface area contributed by atoms with Crippen LogP contribution in [0.4, 0.5) is 0 Å². The average molecular weight is 666 g/mol. The maximum atomic E-state index is 11.2. The predicted molar refractivity (Wildman–Crippen MR) is 136 cm³/mol. The number of hydrogen-bond donors (Lipinski definition) is 14. The third-order valence-corrected chi connectivity index (χ3v) is 8.27. The molecule has 20 atom stereocenters. The molecule has 4 heterocycles. The fourth-order valence-electron chi connectivity index (χ4n) is 5.47. The van der Waals surface area contributed by atoms with Crippen molar-refractivity contribution in [3.8, 4) is 0 Å². The third-order valence-electron chi connectivity index (χ3n) is 8.27. The van der Waals surface area contributed by atoms with Crippen molar-refractivity contribution in [1.29, 1.82) is 0 Å². The minimum Gasteiger partial charge on any atom is -0.394 e. The molecule has 0 aromatic rings. The van der Waals surface area contributed by atoms with E-state index in [1.807, 2.05) is 0 Å². The van der Waals surface area contributed by atoms with Crippen LogP contribution in [0.1, 0.15) is 0 Å². The van der Waals surface area contributed by atoms with Crippen molar-refractivity contribution in [2.75, 3.05) is 26.4 Å². The number of aliphatic hydroxyl groups excluding tert-OH is 13. The first kappa shape index (κ1) is 37.0. The lowest BCUT2D eigenvalue weighted by atomic mass is 9.95. The first-order valence-electron chi connectivity index (χ1n) is 14.2. The van der Waals surface area contributed by atoms with Crippen LogP contribution in [0.25, 0.3) is 0 Å². The fraction of sp³-hybridized carbons (Fsp3) is 1.00. The lowest BCUT2D eigenvalue weighted by Crippen LogP contribution is -2.67. The monoisotopic (exact) mass is 665 g/mol. The van der Waals surface area contributed by atoms with E-state index in [9.17, 15) is 66.4 Å². The van der Waals surface area contributed by atoms with Crippen LogP contribution in [-0.4, -0.2) is 216 Å². The second kappa shape index (κ2) is 15.6. The van der Waals surface area contributed by atoms with Crippen LogP contribution < -0.4 is 5.73 Å². The highest BCUT2D eigenvalue weighted by Gasteiger charge is 2.54. The van der Waals surface area contributed by atoms with Gasteiger partial charge in [-0.05, 0) is 0 Å². The van der Waals surface area contributed by atoms with Gasteiger partial charge in [0.2, 0.25) is 0 Å². The molecule has 4 rings (SSSR count). The number of nitrogens with two attached hydrogens (primary N) is 1. The quantitative estimate of drug-likeness (QED) is 0.103. The summed E-state index contributed by atoms with van der Waals surface area (Å²) >= 11 is 0. The van der Waals surface area contributed by atoms with Gasteiger partial charge in [-0.1, -0.05) is 0 Å². The summed E-state index contributed by atoms with van der Waals surface area (Å²) in [4.78, 5) is 0. The van der Waals surface area contributed by atoms with E-state index in [0.717, 1.165) is 0 Å². The van der Waals surface area contributed by atoms with E-state index in [-0.39, 0.29) is 0 Å². The molecule has 0 radical (unpaired) electrons. The average Bonchev–Trinajstić information content (AvgIpc) is 3.03. The highest BCUT2D eigenvalue weighted by atomic mass is 16.8. The second-order valence-corrected chi connectivity index (χ2v) is 11.3. The molecule has 21 nitrogen and oxygen atoms in total. The molecule has 4 aliphatic heterocycles. The molecule has 0 amide bonds. The van der Waals surface area contributed by atoms with Crippen molar-refractivity contribution < 1.29 is 99.5 Å². The van der Waals surface area contributed by atoms with Crippen LogP contribution in [0.5, 0.6) is 0 Å². The topological polar surface area (TPSA) is 354 Å². The smallest absolute Gasteiger partial charge is 0.187 e. The molecule has 0 spiro atoms. The Bertz CT molecular complexity index is 918. The normalized spacial score (nSPS) is 52.9. The van der Waals surface area contributed by atoms with Crippen LogP contribution in [-0.2, 0) is 33.2 Å². The Morgan fingerprint density at radius 1 is 0.444 bits per heavy atom. The van der Waals surface area contributed by atoms with Crippen LogP contribution >= 0.6 is 0 Å². The molecule has 21 heteroatoms. The summed E-state index contributed by atoms with van der Waals surface area (Å²) in [5.41, 5.74) is 5.74. The zero-order valence-electron chi connectivity index (χ0n) is 23.6. The van der Waals surface area contributed by atoms with Crippen LogP contribution in [0, 0.1) is 0 Å². The van der Waals surface area contributed by atoms with E-state index < -0.39 is 149 Å². The molecule has 15 N–H and O–H groups in total. The maximum Gasteiger partial charge on any atom is 0.187 e. The fourth-order valence-corrected chi connectivity index (χ4v) is 5.47. The lowest BCUT2D eigenvalue weighted by Gasteiger charge is -2.48. The van der Waals surface area contributed by atoms with Gasteiger partial charge in [-0.15, -0.1) is 0 Å². The summed E-state index contributed by atoms with van der Waals surface area (Å²) in [7, 11) is 0. The van der Waals surface area contributed by atoms with Crippen LogP contribution in [0.15, 0.2) is 0 Å². The third kappa shape index (κ3) is 7.59. The van der Waals surface area contributed by atoms with E-state index in [2.05, 4.69) is 0 Å². The summed E-state index contributed by atoms with van der Waals surface area (Å²) in [5.74, 6) is 0. The van der Waals surface area contributed by atoms with Gasteiger partial charge in [-0.3, -0.25) is 0 Å². The molecular weight excluding hydrogens is 622 g/mol. The number of hydrogen-bond acceptors (Lipinski definition) is 21. The molecule has 4 aliphatic rings. The standard InChI is InChI=1S/C24H43NO20/c25-9-13(32)19(7(3-28)40-21(9)38)44-24-18(37)20(45-23-17(36)15(34)11(30)6(2-27)42-23)12(31)8(43-24)4-39-22-16(35)14(33)10(29)5(1-26)41-22/h5-24,26-38H,1-4,25H2/t5-,6-,7-,8-,9-,10-,11-,12-,13-,14+,15+,16+,17+,18+,19-,20+,21+,22+,23-,24-/m1/s1. The van der Waals surface area contributed by atoms with Crippen molar-refractivity contribution in [2.24, 2.45) is 5.73 Å². The van der Waals surface area contributed by atoms with Crippen LogP contribution in [0.3, 0.4) is 0 Å². The van der Waals surface area contributed by atoms with Gasteiger partial charge in [0.25, 0.3) is 0 Å². The molecule has 0 unspecified atom stereocenters. The molecular formula is C24H43NO20. The Hall–Kier alpha value is -0.840. The first-order valence-corrected chi connectivity index (χ1v) is 14.2. The molecule has 0 aromatic carbocycles. The zero-order valence-corrected chi connectivity index (χ0v) is 23.6. The van der Waals surface area contributed by atoms with Crippen molar-refractivity contribution in [3.63, 3.8) is 0 Å². The van der Waals surface area contributed by atoms with E-state index in [1.165, 1.54) is 0 Å². The lowest BCUT2D eigenvalue weighted by molar-refractivity contribution is -0.379. The Labute approximate surface area is 255 Å². The maximum absolute atomic E-state index is 11.2. The number of rotatable bonds is 10. The predicted octanol–water partition coefficient (Wildman–Crippen LogP) is -9.78. The number of ether oxygens (including phenoxy) is 7. The summed E-state index contributed by atoms with van der Waals surface area (Å²) < 4.78 is 38.2. The molecule has 4 saturated heterocycles. The summed E-state index contributed by atoms with van der Waals surface area (Å²) in [5, 5.41) is 133. The van der Waals surface area contributed by atoms with Crippen molar-refractivity contribution in [1.82, 2.24) is 0 Å². The largest absolute Gasteiger partial charge is 0.394 e. The Morgan fingerprint density at radius 2 is 0.911 bits per heavy atom. The van der Waals surface area contributed by atoms with Gasteiger partial charge in [0.05, 0.1) is 32.5 Å². The summed E-state index contributed by atoms with van der Waals surface area (Å²) in [6.07, 6.45) is -32.8. The van der Waals surface area contributed by atoms with Gasteiger partial charge in [-0.25, -0.2) is 0 Å². The highest BCUT2D eigenvalue weighted by Crippen LogP contribution is 2.33. The highest BCUT2D eigenvalue weighted by molar-refractivity contribution is 4.97.